The molecular weight excluding hydrogens is 320 g/mol. The number of nitrogens with zero attached hydrogens (tertiary/aromatic N) is 8. The molecule has 0 N–H and O–H groups in total. The molecule has 0 radical (unpaired) electrons. The number of carbonyl (C=O) groups excluding carboxylic acids is 1. The van der Waals surface area contributed by atoms with E-state index in [0.717, 1.165) is 51.4 Å². The van der Waals surface area contributed by atoms with Gasteiger partial charge in [0.15, 0.2) is 0 Å². The molecule has 1 saturated heterocycles. The minimum atomic E-state index is 0.0697. The lowest BCUT2D eigenvalue weighted by Crippen LogP contribution is -2.37. The quantitative estimate of drug-likeness (QED) is 0.771. The average molecular weight is 346 g/mol. The highest BCUT2D eigenvalue weighted by Gasteiger charge is 2.21. The van der Waals surface area contributed by atoms with Gasteiger partial charge < -0.3 is 4.90 Å². The van der Waals surface area contributed by atoms with E-state index in [4.69, 9.17) is 0 Å². The summed E-state index contributed by atoms with van der Waals surface area (Å²) >= 11 is 0. The molecule has 1 aliphatic heterocycles. The molecule has 1 amide bonds. The highest BCUT2D eigenvalue weighted by Crippen LogP contribution is 2.17. The summed E-state index contributed by atoms with van der Waals surface area (Å²) in [6, 6.07) is 0. The van der Waals surface area contributed by atoms with Gasteiger partial charge in [-0.05, 0) is 37.6 Å². The first-order valence-electron chi connectivity index (χ1n) is 8.82. The van der Waals surface area contributed by atoms with Crippen molar-refractivity contribution in [1.29, 1.82) is 0 Å². The fourth-order valence-electron chi connectivity index (χ4n) is 3.36. The highest BCUT2D eigenvalue weighted by atomic mass is 16.2. The monoisotopic (exact) mass is 346 g/mol. The third kappa shape index (κ3) is 4.04. The molecule has 3 rings (SSSR count). The van der Waals surface area contributed by atoms with Crippen molar-refractivity contribution in [3.63, 3.8) is 0 Å². The molecule has 1 fully saturated rings. The van der Waals surface area contributed by atoms with Gasteiger partial charge in [0.05, 0.1) is 5.69 Å². The molecule has 0 bridgehead atoms. The Morgan fingerprint density at radius 1 is 1.20 bits per heavy atom. The van der Waals surface area contributed by atoms with Gasteiger partial charge in [-0.3, -0.25) is 14.4 Å². The van der Waals surface area contributed by atoms with Crippen LogP contribution in [0, 0.1) is 13.8 Å². The van der Waals surface area contributed by atoms with Gasteiger partial charge in [-0.15, -0.1) is 5.10 Å². The van der Waals surface area contributed by atoms with Gasteiger partial charge in [0.25, 0.3) is 0 Å². The second kappa shape index (κ2) is 7.73. The van der Waals surface area contributed by atoms with Crippen LogP contribution in [0.15, 0.2) is 6.33 Å². The van der Waals surface area contributed by atoms with Gasteiger partial charge in [0.1, 0.15) is 12.9 Å². The van der Waals surface area contributed by atoms with Crippen LogP contribution in [0.1, 0.15) is 30.3 Å². The van der Waals surface area contributed by atoms with Crippen molar-refractivity contribution in [2.45, 2.75) is 46.8 Å². The van der Waals surface area contributed by atoms with E-state index >= 15 is 0 Å². The zero-order chi connectivity index (χ0) is 17.8. The average Bonchev–Trinajstić information content (AvgIpc) is 3.11. The largest absolute Gasteiger partial charge is 0.340 e. The Morgan fingerprint density at radius 3 is 2.72 bits per heavy atom. The molecule has 1 aliphatic rings. The predicted octanol–water partition coefficient (Wildman–Crippen LogP) is 0.241. The van der Waals surface area contributed by atoms with E-state index in [-0.39, 0.29) is 12.5 Å². The molecule has 0 atom stereocenters. The summed E-state index contributed by atoms with van der Waals surface area (Å²) < 4.78 is 3.53. The van der Waals surface area contributed by atoms with Crippen LogP contribution in [0.3, 0.4) is 0 Å². The van der Waals surface area contributed by atoms with Crippen molar-refractivity contribution < 1.29 is 4.79 Å². The summed E-state index contributed by atoms with van der Waals surface area (Å²) in [4.78, 5) is 16.7. The van der Waals surface area contributed by atoms with E-state index in [0.29, 0.717) is 0 Å². The minimum absolute atomic E-state index is 0.0697. The zero-order valence-corrected chi connectivity index (χ0v) is 15.2. The number of hydrogen-bond donors (Lipinski definition) is 0. The number of amides is 1. The van der Waals surface area contributed by atoms with Crippen LogP contribution in [0.4, 0.5) is 0 Å². The standard InChI is InChI=1S/C16H26N8O/c1-4-24-14(3)15(13(2)18-24)10-21-6-5-7-22(9-8-21)16(25)11-23-12-17-19-20-23/h12H,4-11H2,1-3H3. The second-order valence-corrected chi connectivity index (χ2v) is 6.48. The molecular formula is C16H26N8O. The molecule has 9 heteroatoms. The molecule has 0 spiro atoms. The van der Waals surface area contributed by atoms with E-state index in [9.17, 15) is 4.79 Å². The van der Waals surface area contributed by atoms with Crippen molar-refractivity contribution in [1.82, 2.24) is 39.8 Å². The summed E-state index contributed by atoms with van der Waals surface area (Å²) in [6.07, 6.45) is 2.44. The Bertz CT molecular complexity index is 708. The molecule has 136 valence electrons. The first-order chi connectivity index (χ1) is 12.1. The second-order valence-electron chi connectivity index (χ2n) is 6.48. The van der Waals surface area contributed by atoms with Crippen molar-refractivity contribution in [2.75, 3.05) is 26.2 Å². The van der Waals surface area contributed by atoms with Crippen LogP contribution in [-0.4, -0.2) is 71.9 Å². The van der Waals surface area contributed by atoms with E-state index < -0.39 is 0 Å². The molecule has 2 aromatic heterocycles. The minimum Gasteiger partial charge on any atom is -0.340 e. The van der Waals surface area contributed by atoms with Crippen LogP contribution >= 0.6 is 0 Å². The first-order valence-corrected chi connectivity index (χ1v) is 8.82. The van der Waals surface area contributed by atoms with E-state index in [1.807, 2.05) is 4.90 Å². The summed E-state index contributed by atoms with van der Waals surface area (Å²) in [7, 11) is 0. The summed E-state index contributed by atoms with van der Waals surface area (Å²) in [5.41, 5.74) is 3.67. The SMILES string of the molecule is CCn1nc(C)c(CN2CCCN(C(=O)Cn3cnnn3)CC2)c1C. The van der Waals surface area contributed by atoms with E-state index in [1.165, 1.54) is 22.3 Å². The third-order valence-corrected chi connectivity index (χ3v) is 4.84. The number of tetrazole rings is 1. The highest BCUT2D eigenvalue weighted by molar-refractivity contribution is 5.75. The number of hydrogen-bond acceptors (Lipinski definition) is 6. The lowest BCUT2D eigenvalue weighted by molar-refractivity contribution is -0.131. The van der Waals surface area contributed by atoms with Gasteiger partial charge in [0.2, 0.25) is 5.91 Å². The molecule has 9 nitrogen and oxygen atoms in total. The Kier molecular flexibility index (Phi) is 5.42. The molecule has 0 aromatic carbocycles. The van der Waals surface area contributed by atoms with Gasteiger partial charge in [0, 0.05) is 50.5 Å². The smallest absolute Gasteiger partial charge is 0.244 e. The summed E-state index contributed by atoms with van der Waals surface area (Å²) in [6.45, 7) is 11.7. The fourth-order valence-corrected chi connectivity index (χ4v) is 3.36. The Hall–Kier alpha value is -2.29. The summed E-state index contributed by atoms with van der Waals surface area (Å²) in [5, 5.41) is 15.5. The number of carbonyl (C=O) groups is 1. The predicted molar refractivity (Wildman–Crippen MR) is 91.7 cm³/mol. The maximum atomic E-state index is 12.4. The molecule has 0 saturated carbocycles. The zero-order valence-electron chi connectivity index (χ0n) is 15.2. The maximum absolute atomic E-state index is 12.4. The molecule has 0 aliphatic carbocycles. The lowest BCUT2D eigenvalue weighted by Gasteiger charge is -2.22. The normalized spacial score (nSPS) is 16.2. The van der Waals surface area contributed by atoms with Gasteiger partial charge in [-0.25, -0.2) is 4.68 Å². The Morgan fingerprint density at radius 2 is 2.04 bits per heavy atom. The lowest BCUT2D eigenvalue weighted by atomic mass is 10.2. The van der Waals surface area contributed by atoms with Gasteiger partial charge in [-0.2, -0.15) is 5.10 Å². The van der Waals surface area contributed by atoms with Crippen LogP contribution in [0.5, 0.6) is 0 Å². The van der Waals surface area contributed by atoms with Crippen molar-refractivity contribution in [3.05, 3.63) is 23.3 Å². The van der Waals surface area contributed by atoms with Crippen molar-refractivity contribution in [3.8, 4) is 0 Å². The Balaban J connectivity index is 1.58. The maximum Gasteiger partial charge on any atom is 0.244 e. The van der Waals surface area contributed by atoms with Crippen molar-refractivity contribution >= 4 is 5.91 Å². The molecule has 0 unspecified atom stereocenters. The van der Waals surface area contributed by atoms with Crippen LogP contribution in [-0.2, 0) is 24.4 Å². The van der Waals surface area contributed by atoms with E-state index in [1.54, 1.807) is 0 Å². The molecule has 25 heavy (non-hydrogen) atoms. The van der Waals surface area contributed by atoms with Crippen LogP contribution in [0.25, 0.3) is 0 Å². The third-order valence-electron chi connectivity index (χ3n) is 4.84. The number of aromatic nitrogens is 6. The van der Waals surface area contributed by atoms with E-state index in [2.05, 4.69) is 51.0 Å². The number of aryl methyl sites for hydroxylation is 2. The van der Waals surface area contributed by atoms with Crippen LogP contribution in [0.2, 0.25) is 0 Å². The topological polar surface area (TPSA) is 85.0 Å². The first kappa shape index (κ1) is 17.5. The van der Waals surface area contributed by atoms with Crippen LogP contribution < -0.4 is 0 Å². The van der Waals surface area contributed by atoms with Gasteiger partial charge in [-0.1, -0.05) is 0 Å². The fraction of sp³-hybridized carbons (Fsp3) is 0.688. The molecule has 3 heterocycles. The summed E-state index contributed by atoms with van der Waals surface area (Å²) in [5.74, 6) is 0.0697. The molecule has 2 aromatic rings. The Labute approximate surface area is 147 Å². The van der Waals surface area contributed by atoms with Gasteiger partial charge >= 0.3 is 0 Å². The number of rotatable bonds is 5. The van der Waals surface area contributed by atoms with Crippen molar-refractivity contribution in [2.24, 2.45) is 0 Å².